The molecule has 1 atom stereocenters. The molecule has 2 rings (SSSR count). The molecule has 0 aliphatic carbocycles. The quantitative estimate of drug-likeness (QED) is 0.590. The minimum absolute atomic E-state index is 0.0349. The molecule has 0 amide bonds. The van der Waals surface area contributed by atoms with Crippen LogP contribution in [0.15, 0.2) is 24.3 Å². The van der Waals surface area contributed by atoms with Crippen molar-refractivity contribution in [2.24, 2.45) is 5.73 Å². The number of hydrogen-bond acceptors (Lipinski definition) is 4. The molecule has 1 aromatic rings. The summed E-state index contributed by atoms with van der Waals surface area (Å²) in [4.78, 5) is 0.0912. The van der Waals surface area contributed by atoms with E-state index in [1.165, 1.54) is 22.5 Å². The highest BCUT2D eigenvalue weighted by molar-refractivity contribution is 7.88. The lowest BCUT2D eigenvalue weighted by Crippen LogP contribution is -2.40. The first-order valence-corrected chi connectivity index (χ1v) is 8.01. The van der Waals surface area contributed by atoms with Crippen LogP contribution < -0.4 is 5.73 Å². The van der Waals surface area contributed by atoms with E-state index < -0.39 is 15.8 Å². The lowest BCUT2D eigenvalue weighted by atomic mass is 10.2. The fourth-order valence-electron chi connectivity index (χ4n) is 1.78. The van der Waals surface area contributed by atoms with Crippen LogP contribution in [-0.2, 0) is 20.5 Å². The number of epoxide rings is 1. The second-order valence-electron chi connectivity index (χ2n) is 4.60. The number of nitrogens with two attached hydrogens (primary N) is 1. The first-order chi connectivity index (χ1) is 9.37. The monoisotopic (exact) mass is 318 g/mol. The van der Waals surface area contributed by atoms with Crippen molar-refractivity contribution in [2.75, 3.05) is 19.7 Å². The van der Waals surface area contributed by atoms with Crippen LogP contribution in [0.4, 0.5) is 4.39 Å². The number of thiocarbonyl (C=S) groups is 1. The molecule has 0 radical (unpaired) electrons. The Kier molecular flexibility index (Phi) is 4.69. The Balaban J connectivity index is 2.14. The Morgan fingerprint density at radius 1 is 1.55 bits per heavy atom. The van der Waals surface area contributed by atoms with Crippen LogP contribution in [0.2, 0.25) is 0 Å². The third kappa shape index (κ3) is 4.48. The number of hydrogen-bond donors (Lipinski definition) is 1. The first-order valence-electron chi connectivity index (χ1n) is 5.99. The van der Waals surface area contributed by atoms with Crippen molar-refractivity contribution in [2.45, 2.75) is 11.9 Å². The molecule has 1 fully saturated rings. The molecular formula is C12H15FN2O3S2. The van der Waals surface area contributed by atoms with Crippen molar-refractivity contribution in [1.29, 1.82) is 0 Å². The summed E-state index contributed by atoms with van der Waals surface area (Å²) in [6, 6.07) is 5.50. The van der Waals surface area contributed by atoms with Gasteiger partial charge in [0.15, 0.2) is 0 Å². The molecule has 1 aliphatic rings. The maximum atomic E-state index is 13.1. The molecule has 1 aliphatic heterocycles. The predicted molar refractivity (Wildman–Crippen MR) is 77.1 cm³/mol. The SMILES string of the molecule is NC(=S)CN(CC1CO1)S(=O)(=O)Cc1cccc(F)c1. The highest BCUT2D eigenvalue weighted by Gasteiger charge is 2.32. The number of halogens is 1. The largest absolute Gasteiger partial charge is 0.392 e. The lowest BCUT2D eigenvalue weighted by Gasteiger charge is -2.20. The van der Waals surface area contributed by atoms with Crippen molar-refractivity contribution >= 4 is 27.2 Å². The third-order valence-corrected chi connectivity index (χ3v) is 4.67. The Morgan fingerprint density at radius 2 is 2.25 bits per heavy atom. The number of sulfonamides is 1. The Bertz CT molecular complexity index is 602. The van der Waals surface area contributed by atoms with E-state index in [-0.39, 0.29) is 29.9 Å². The van der Waals surface area contributed by atoms with Crippen LogP contribution in [0.5, 0.6) is 0 Å². The van der Waals surface area contributed by atoms with Gasteiger partial charge in [0, 0.05) is 6.54 Å². The average Bonchev–Trinajstić information content (AvgIpc) is 3.11. The zero-order valence-electron chi connectivity index (χ0n) is 10.7. The maximum absolute atomic E-state index is 13.1. The highest BCUT2D eigenvalue weighted by Crippen LogP contribution is 2.17. The smallest absolute Gasteiger partial charge is 0.218 e. The van der Waals surface area contributed by atoms with E-state index in [2.05, 4.69) is 0 Å². The summed E-state index contributed by atoms with van der Waals surface area (Å²) in [5.74, 6) is -0.760. The molecule has 0 spiro atoms. The molecular weight excluding hydrogens is 303 g/mol. The van der Waals surface area contributed by atoms with Gasteiger partial charge in [-0.05, 0) is 17.7 Å². The zero-order chi connectivity index (χ0) is 14.8. The van der Waals surface area contributed by atoms with Crippen LogP contribution in [0.25, 0.3) is 0 Å². The summed E-state index contributed by atoms with van der Waals surface area (Å²) in [6.45, 7) is 0.713. The number of nitrogens with zero attached hydrogens (tertiary/aromatic N) is 1. The molecule has 0 aromatic heterocycles. The van der Waals surface area contributed by atoms with Gasteiger partial charge in [-0.1, -0.05) is 24.4 Å². The molecule has 5 nitrogen and oxygen atoms in total. The van der Waals surface area contributed by atoms with Gasteiger partial charge >= 0.3 is 0 Å². The molecule has 8 heteroatoms. The normalized spacial score (nSPS) is 18.2. The topological polar surface area (TPSA) is 75.9 Å². The Labute approximate surface area is 122 Å². The van der Waals surface area contributed by atoms with E-state index in [1.807, 2.05) is 0 Å². The average molecular weight is 318 g/mol. The van der Waals surface area contributed by atoms with E-state index >= 15 is 0 Å². The van der Waals surface area contributed by atoms with Crippen LogP contribution >= 0.6 is 12.2 Å². The van der Waals surface area contributed by atoms with Gasteiger partial charge in [0.25, 0.3) is 0 Å². The zero-order valence-corrected chi connectivity index (χ0v) is 12.3. The van der Waals surface area contributed by atoms with Crippen LogP contribution in [0, 0.1) is 5.82 Å². The first kappa shape index (κ1) is 15.3. The van der Waals surface area contributed by atoms with Gasteiger partial charge in [-0.3, -0.25) is 0 Å². The van der Waals surface area contributed by atoms with E-state index in [0.29, 0.717) is 12.2 Å². The van der Waals surface area contributed by atoms with Crippen molar-refractivity contribution in [3.63, 3.8) is 0 Å². The Morgan fingerprint density at radius 3 is 2.80 bits per heavy atom. The fraction of sp³-hybridized carbons (Fsp3) is 0.417. The lowest BCUT2D eigenvalue weighted by molar-refractivity contribution is 0.351. The second kappa shape index (κ2) is 6.13. The molecule has 1 saturated heterocycles. The molecule has 1 unspecified atom stereocenters. The second-order valence-corrected chi connectivity index (χ2v) is 7.09. The summed E-state index contributed by atoms with van der Waals surface area (Å²) in [6.07, 6.45) is -0.105. The van der Waals surface area contributed by atoms with Crippen molar-refractivity contribution in [3.05, 3.63) is 35.6 Å². The van der Waals surface area contributed by atoms with Gasteiger partial charge in [0.2, 0.25) is 10.0 Å². The molecule has 0 saturated carbocycles. The summed E-state index contributed by atoms with van der Waals surface area (Å²) >= 11 is 4.77. The van der Waals surface area contributed by atoms with Gasteiger partial charge in [0.1, 0.15) is 5.82 Å². The molecule has 1 aromatic carbocycles. The third-order valence-electron chi connectivity index (χ3n) is 2.77. The van der Waals surface area contributed by atoms with E-state index in [0.717, 1.165) is 0 Å². The summed E-state index contributed by atoms with van der Waals surface area (Å²) in [7, 11) is -3.62. The van der Waals surface area contributed by atoms with Gasteiger partial charge in [-0.25, -0.2) is 12.8 Å². The maximum Gasteiger partial charge on any atom is 0.218 e. The minimum Gasteiger partial charge on any atom is -0.392 e. The highest BCUT2D eigenvalue weighted by atomic mass is 32.2. The molecule has 110 valence electrons. The molecule has 1 heterocycles. The van der Waals surface area contributed by atoms with E-state index in [9.17, 15) is 12.8 Å². The molecule has 20 heavy (non-hydrogen) atoms. The molecule has 0 bridgehead atoms. The minimum atomic E-state index is -3.62. The van der Waals surface area contributed by atoms with Crippen LogP contribution in [0.3, 0.4) is 0 Å². The van der Waals surface area contributed by atoms with Gasteiger partial charge in [-0.2, -0.15) is 4.31 Å². The van der Waals surface area contributed by atoms with Gasteiger partial charge < -0.3 is 10.5 Å². The number of ether oxygens (including phenoxy) is 1. The summed E-state index contributed by atoms with van der Waals surface area (Å²) in [5.41, 5.74) is 5.81. The predicted octanol–water partition coefficient (Wildman–Crippen LogP) is 0.642. The summed E-state index contributed by atoms with van der Waals surface area (Å²) in [5, 5.41) is 0. The van der Waals surface area contributed by atoms with E-state index in [1.54, 1.807) is 6.07 Å². The number of benzene rings is 1. The molecule has 2 N–H and O–H groups in total. The van der Waals surface area contributed by atoms with Crippen molar-refractivity contribution < 1.29 is 17.5 Å². The Hall–Kier alpha value is -1.09. The standard InChI is InChI=1S/C12H15FN2O3S2/c13-10-3-1-2-9(4-10)8-20(16,17)15(6-12(14)19)5-11-7-18-11/h1-4,11H,5-8H2,(H2,14,19). The number of rotatable bonds is 7. The van der Waals surface area contributed by atoms with Crippen molar-refractivity contribution in [1.82, 2.24) is 4.31 Å². The summed E-state index contributed by atoms with van der Waals surface area (Å²) < 4.78 is 44.0. The van der Waals surface area contributed by atoms with Gasteiger partial charge in [-0.15, -0.1) is 0 Å². The van der Waals surface area contributed by atoms with E-state index in [4.69, 9.17) is 22.7 Å². The van der Waals surface area contributed by atoms with Crippen LogP contribution in [-0.4, -0.2) is 43.5 Å². The van der Waals surface area contributed by atoms with Gasteiger partial charge in [0.05, 0.1) is 30.0 Å². The fourth-order valence-corrected chi connectivity index (χ4v) is 3.53. The van der Waals surface area contributed by atoms with Crippen LogP contribution in [0.1, 0.15) is 5.56 Å². The van der Waals surface area contributed by atoms with Crippen molar-refractivity contribution in [3.8, 4) is 0 Å².